The Balaban J connectivity index is 2.83. The van der Waals surface area contributed by atoms with Gasteiger partial charge in [-0.25, -0.2) is 0 Å². The fraction of sp³-hybridized carbons (Fsp3) is 0.300. The molecule has 13 heavy (non-hydrogen) atoms. The van der Waals surface area contributed by atoms with Crippen molar-refractivity contribution in [3.63, 3.8) is 0 Å². The molecule has 1 atom stereocenters. The van der Waals surface area contributed by atoms with Crippen molar-refractivity contribution in [1.82, 2.24) is 0 Å². The minimum absolute atomic E-state index is 0.0278. The van der Waals surface area contributed by atoms with Gasteiger partial charge in [-0.1, -0.05) is 13.0 Å². The van der Waals surface area contributed by atoms with Crippen LogP contribution in [0, 0.1) is 5.92 Å². The van der Waals surface area contributed by atoms with Gasteiger partial charge in [0.05, 0.1) is 0 Å². The van der Waals surface area contributed by atoms with Gasteiger partial charge in [-0.15, -0.1) is 0 Å². The Bertz CT molecular complexity index is 307. The van der Waals surface area contributed by atoms with Gasteiger partial charge in [-0.2, -0.15) is 0 Å². The van der Waals surface area contributed by atoms with Crippen LogP contribution < -0.4 is 0 Å². The normalized spacial score (nSPS) is 12.4. The Morgan fingerprint density at radius 1 is 1.46 bits per heavy atom. The van der Waals surface area contributed by atoms with E-state index in [4.69, 9.17) is 5.11 Å². The van der Waals surface area contributed by atoms with Gasteiger partial charge in [0.1, 0.15) is 17.8 Å². The summed E-state index contributed by atoms with van der Waals surface area (Å²) in [7, 11) is 0. The summed E-state index contributed by atoms with van der Waals surface area (Å²) in [4.78, 5) is 10.4. The number of phenolic OH excluding ortho intramolecular Hbond substituents is 2. The summed E-state index contributed by atoms with van der Waals surface area (Å²) in [5, 5.41) is 18.4. The van der Waals surface area contributed by atoms with Crippen LogP contribution in [0.5, 0.6) is 11.5 Å². The van der Waals surface area contributed by atoms with Crippen molar-refractivity contribution in [3.05, 3.63) is 23.8 Å². The molecule has 0 aliphatic carbocycles. The number of rotatable bonds is 3. The molecule has 0 spiro atoms. The van der Waals surface area contributed by atoms with Gasteiger partial charge >= 0.3 is 0 Å². The third-order valence-electron chi connectivity index (χ3n) is 1.84. The summed E-state index contributed by atoms with van der Waals surface area (Å²) in [5.41, 5.74) is 0.678. The topological polar surface area (TPSA) is 57.5 Å². The number of aldehydes is 1. The molecule has 0 heterocycles. The second-order valence-corrected chi connectivity index (χ2v) is 3.13. The largest absolute Gasteiger partial charge is 0.508 e. The van der Waals surface area contributed by atoms with Gasteiger partial charge in [0.15, 0.2) is 0 Å². The van der Waals surface area contributed by atoms with E-state index in [0.717, 1.165) is 6.29 Å². The second-order valence-electron chi connectivity index (χ2n) is 3.13. The highest BCUT2D eigenvalue weighted by atomic mass is 16.3. The average Bonchev–Trinajstić information content (AvgIpc) is 2.09. The van der Waals surface area contributed by atoms with Crippen LogP contribution in [0.1, 0.15) is 12.5 Å². The third kappa shape index (κ3) is 2.47. The van der Waals surface area contributed by atoms with E-state index in [1.165, 1.54) is 12.1 Å². The maximum absolute atomic E-state index is 10.4. The summed E-state index contributed by atoms with van der Waals surface area (Å²) in [5.74, 6) is -0.0517. The lowest BCUT2D eigenvalue weighted by molar-refractivity contribution is -0.110. The summed E-state index contributed by atoms with van der Waals surface area (Å²) in [6, 6.07) is 4.38. The summed E-state index contributed by atoms with van der Waals surface area (Å²) in [6.07, 6.45) is 1.34. The summed E-state index contributed by atoms with van der Waals surface area (Å²) >= 11 is 0. The molecule has 1 aromatic carbocycles. The van der Waals surface area contributed by atoms with E-state index in [9.17, 15) is 9.90 Å². The van der Waals surface area contributed by atoms with Crippen molar-refractivity contribution < 1.29 is 15.0 Å². The number of aromatic hydroxyl groups is 2. The quantitative estimate of drug-likeness (QED) is 0.692. The molecule has 0 aliphatic heterocycles. The van der Waals surface area contributed by atoms with Crippen molar-refractivity contribution in [2.75, 3.05) is 0 Å². The van der Waals surface area contributed by atoms with Crippen molar-refractivity contribution in [1.29, 1.82) is 0 Å². The highest BCUT2D eigenvalue weighted by Crippen LogP contribution is 2.24. The van der Waals surface area contributed by atoms with E-state index in [1.807, 2.05) is 0 Å². The SMILES string of the molecule is CC(C=O)Cc1ccc(O)cc1O. The van der Waals surface area contributed by atoms with Gasteiger partial charge < -0.3 is 15.0 Å². The van der Waals surface area contributed by atoms with Gasteiger partial charge in [-0.05, 0) is 18.1 Å². The minimum Gasteiger partial charge on any atom is -0.508 e. The molecule has 2 N–H and O–H groups in total. The zero-order valence-electron chi connectivity index (χ0n) is 7.40. The minimum atomic E-state index is -0.115. The van der Waals surface area contributed by atoms with E-state index >= 15 is 0 Å². The Morgan fingerprint density at radius 3 is 2.69 bits per heavy atom. The zero-order chi connectivity index (χ0) is 9.84. The molecule has 0 bridgehead atoms. The predicted octanol–water partition coefficient (Wildman–Crippen LogP) is 1.48. The van der Waals surface area contributed by atoms with Crippen LogP contribution >= 0.6 is 0 Å². The molecule has 0 saturated carbocycles. The van der Waals surface area contributed by atoms with Crippen molar-refractivity contribution in [3.8, 4) is 11.5 Å². The standard InChI is InChI=1S/C10H12O3/c1-7(6-11)4-8-2-3-9(12)5-10(8)13/h2-3,5-7,12-13H,4H2,1H3. The number of hydrogen-bond acceptors (Lipinski definition) is 3. The number of benzene rings is 1. The van der Waals surface area contributed by atoms with Crippen LogP contribution in [-0.4, -0.2) is 16.5 Å². The monoisotopic (exact) mass is 180 g/mol. The molecule has 0 aromatic heterocycles. The third-order valence-corrected chi connectivity index (χ3v) is 1.84. The molecular weight excluding hydrogens is 168 g/mol. The van der Waals surface area contributed by atoms with Gasteiger partial charge in [0.25, 0.3) is 0 Å². The lowest BCUT2D eigenvalue weighted by Gasteiger charge is -2.06. The van der Waals surface area contributed by atoms with Crippen LogP contribution in [0.15, 0.2) is 18.2 Å². The number of hydrogen-bond donors (Lipinski definition) is 2. The Kier molecular flexibility index (Phi) is 2.90. The number of carbonyl (C=O) groups excluding carboxylic acids is 1. The van der Waals surface area contributed by atoms with Crippen molar-refractivity contribution in [2.24, 2.45) is 5.92 Å². The molecule has 1 rings (SSSR count). The molecule has 0 aliphatic rings. The van der Waals surface area contributed by atoms with E-state index in [-0.39, 0.29) is 17.4 Å². The van der Waals surface area contributed by atoms with Crippen LogP contribution in [0.3, 0.4) is 0 Å². The maximum Gasteiger partial charge on any atom is 0.123 e. The van der Waals surface area contributed by atoms with Gasteiger partial charge in [0, 0.05) is 12.0 Å². The lowest BCUT2D eigenvalue weighted by atomic mass is 10.0. The Morgan fingerprint density at radius 2 is 2.15 bits per heavy atom. The second kappa shape index (κ2) is 3.94. The molecule has 3 nitrogen and oxygen atoms in total. The van der Waals surface area contributed by atoms with Crippen LogP contribution in [0.25, 0.3) is 0 Å². The molecule has 3 heteroatoms. The van der Waals surface area contributed by atoms with Crippen molar-refractivity contribution in [2.45, 2.75) is 13.3 Å². The van der Waals surface area contributed by atoms with E-state index in [0.29, 0.717) is 12.0 Å². The molecule has 0 saturated heterocycles. The van der Waals surface area contributed by atoms with Crippen molar-refractivity contribution >= 4 is 6.29 Å². The highest BCUT2D eigenvalue weighted by Gasteiger charge is 2.06. The average molecular weight is 180 g/mol. The maximum atomic E-state index is 10.4. The summed E-state index contributed by atoms with van der Waals surface area (Å²) in [6.45, 7) is 1.78. The van der Waals surface area contributed by atoms with E-state index in [2.05, 4.69) is 0 Å². The van der Waals surface area contributed by atoms with Crippen LogP contribution in [-0.2, 0) is 11.2 Å². The first kappa shape index (κ1) is 9.58. The van der Waals surface area contributed by atoms with Gasteiger partial charge in [0.2, 0.25) is 0 Å². The van der Waals surface area contributed by atoms with E-state index < -0.39 is 0 Å². The lowest BCUT2D eigenvalue weighted by Crippen LogP contribution is -2.00. The smallest absolute Gasteiger partial charge is 0.123 e. The first-order valence-corrected chi connectivity index (χ1v) is 4.09. The molecule has 0 amide bonds. The molecule has 1 aromatic rings. The molecular formula is C10H12O3. The zero-order valence-corrected chi connectivity index (χ0v) is 7.40. The highest BCUT2D eigenvalue weighted by molar-refractivity contribution is 5.54. The van der Waals surface area contributed by atoms with E-state index in [1.54, 1.807) is 13.0 Å². The van der Waals surface area contributed by atoms with Crippen LogP contribution in [0.2, 0.25) is 0 Å². The number of phenols is 2. The first-order valence-electron chi connectivity index (χ1n) is 4.09. The molecule has 1 unspecified atom stereocenters. The fourth-order valence-electron chi connectivity index (χ4n) is 1.12. The van der Waals surface area contributed by atoms with Crippen LogP contribution in [0.4, 0.5) is 0 Å². The number of carbonyl (C=O) groups is 1. The van der Waals surface area contributed by atoms with Gasteiger partial charge in [-0.3, -0.25) is 0 Å². The predicted molar refractivity (Wildman–Crippen MR) is 48.7 cm³/mol. The summed E-state index contributed by atoms with van der Waals surface area (Å²) < 4.78 is 0. The Labute approximate surface area is 76.6 Å². The molecule has 0 fully saturated rings. The fourth-order valence-corrected chi connectivity index (χ4v) is 1.12. The first-order chi connectivity index (χ1) is 6.13. The molecule has 70 valence electrons. The molecule has 0 radical (unpaired) electrons. The Hall–Kier alpha value is -1.51.